The van der Waals surface area contributed by atoms with Crippen LogP contribution in [0.3, 0.4) is 0 Å². The smallest absolute Gasteiger partial charge is 0.164 e. The second kappa shape index (κ2) is 10.2. The molecule has 6 aromatic carbocycles. The van der Waals surface area contributed by atoms with Gasteiger partial charge in [0.25, 0.3) is 0 Å². The van der Waals surface area contributed by atoms with Gasteiger partial charge in [-0.3, -0.25) is 0 Å². The van der Waals surface area contributed by atoms with Gasteiger partial charge in [0.15, 0.2) is 17.5 Å². The van der Waals surface area contributed by atoms with Gasteiger partial charge in [0.2, 0.25) is 0 Å². The van der Waals surface area contributed by atoms with Gasteiger partial charge in [0, 0.05) is 47.6 Å². The summed E-state index contributed by atoms with van der Waals surface area (Å²) in [7, 11) is 0. The van der Waals surface area contributed by atoms with Gasteiger partial charge in [-0.25, -0.2) is 15.0 Å². The summed E-state index contributed by atoms with van der Waals surface area (Å²) in [5, 5.41) is 4.81. The zero-order chi connectivity index (χ0) is 29.9. The summed E-state index contributed by atoms with van der Waals surface area (Å²) in [6, 6.07) is 46.2. The Balaban J connectivity index is 1.21. The maximum absolute atomic E-state index is 6.28. The van der Waals surface area contributed by atoms with Crippen LogP contribution in [0.25, 0.3) is 87.4 Å². The van der Waals surface area contributed by atoms with Crippen molar-refractivity contribution in [2.45, 2.75) is 6.92 Å². The lowest BCUT2D eigenvalue weighted by Crippen LogP contribution is -2.00. The van der Waals surface area contributed by atoms with Gasteiger partial charge in [-0.15, -0.1) is 11.3 Å². The first-order valence-electron chi connectivity index (χ1n) is 14.9. The first-order chi connectivity index (χ1) is 22.2. The maximum atomic E-state index is 6.28. The lowest BCUT2D eigenvalue weighted by Gasteiger charge is -2.10. The van der Waals surface area contributed by atoms with Crippen LogP contribution in [-0.4, -0.2) is 15.0 Å². The first kappa shape index (κ1) is 25.8. The average molecular weight is 596 g/mol. The minimum atomic E-state index is 0.606. The Morgan fingerprint density at radius 2 is 1.16 bits per heavy atom. The van der Waals surface area contributed by atoms with Crippen LogP contribution in [0, 0.1) is 6.92 Å². The summed E-state index contributed by atoms with van der Waals surface area (Å²) in [5.74, 6) is 1.87. The Kier molecular flexibility index (Phi) is 5.86. The van der Waals surface area contributed by atoms with Crippen LogP contribution in [-0.2, 0) is 0 Å². The van der Waals surface area contributed by atoms with E-state index in [1.807, 2.05) is 59.9 Å². The molecule has 0 unspecified atom stereocenters. The van der Waals surface area contributed by atoms with E-state index < -0.39 is 0 Å². The number of benzene rings is 6. The van der Waals surface area contributed by atoms with E-state index in [-0.39, 0.29) is 0 Å². The average Bonchev–Trinajstić information content (AvgIpc) is 3.67. The van der Waals surface area contributed by atoms with Crippen molar-refractivity contribution in [1.29, 1.82) is 0 Å². The van der Waals surface area contributed by atoms with Gasteiger partial charge in [-0.1, -0.05) is 103 Å². The van der Waals surface area contributed by atoms with Gasteiger partial charge in [-0.05, 0) is 53.9 Å². The Bertz CT molecular complexity index is 2560. The number of rotatable bonds is 4. The summed E-state index contributed by atoms with van der Waals surface area (Å²) in [4.78, 5) is 15.0. The molecule has 0 radical (unpaired) electrons. The Hall–Kier alpha value is -5.65. The van der Waals surface area contributed by atoms with Crippen molar-refractivity contribution in [3.05, 3.63) is 139 Å². The molecule has 0 amide bonds. The molecule has 0 aliphatic rings. The number of nitrogens with zero attached hydrogens (tertiary/aromatic N) is 3. The Labute approximate surface area is 263 Å². The van der Waals surface area contributed by atoms with Crippen LogP contribution in [0.5, 0.6) is 0 Å². The van der Waals surface area contributed by atoms with Gasteiger partial charge in [-0.2, -0.15) is 0 Å². The molecule has 0 saturated carbocycles. The molecule has 9 aromatic rings. The third-order valence-corrected chi connectivity index (χ3v) is 9.69. The highest BCUT2D eigenvalue weighted by atomic mass is 32.1. The maximum Gasteiger partial charge on any atom is 0.164 e. The van der Waals surface area contributed by atoms with E-state index >= 15 is 0 Å². The topological polar surface area (TPSA) is 51.8 Å². The van der Waals surface area contributed by atoms with Crippen LogP contribution in [0.15, 0.2) is 138 Å². The second-order valence-corrected chi connectivity index (χ2v) is 12.3. The molecule has 212 valence electrons. The summed E-state index contributed by atoms with van der Waals surface area (Å²) in [5.41, 5.74) is 7.99. The molecule has 0 N–H and O–H groups in total. The van der Waals surface area contributed by atoms with Gasteiger partial charge in [0.1, 0.15) is 11.2 Å². The zero-order valence-electron chi connectivity index (χ0n) is 24.4. The number of furan rings is 1. The second-order valence-electron chi connectivity index (χ2n) is 11.3. The molecule has 0 aliphatic carbocycles. The van der Waals surface area contributed by atoms with Crippen LogP contribution in [0.4, 0.5) is 0 Å². The predicted octanol–water partition coefficient (Wildman–Crippen LogP) is 11.1. The highest BCUT2D eigenvalue weighted by Gasteiger charge is 2.16. The molecule has 9 rings (SSSR count). The van der Waals surface area contributed by atoms with E-state index in [1.165, 1.54) is 31.3 Å². The molecule has 0 spiro atoms. The molecule has 3 aromatic heterocycles. The van der Waals surface area contributed by atoms with Crippen molar-refractivity contribution in [1.82, 2.24) is 15.0 Å². The SMILES string of the molecule is Cc1cccc2oc3cc(-c4nc(-c5ccccc5)nc(-c5cccc(-c6cccc7c6sc6ccccc67)c5)n4)ccc3c12. The molecule has 45 heavy (non-hydrogen) atoms. The summed E-state index contributed by atoms with van der Waals surface area (Å²) < 4.78 is 8.85. The summed E-state index contributed by atoms with van der Waals surface area (Å²) >= 11 is 1.84. The van der Waals surface area contributed by atoms with Crippen molar-refractivity contribution in [3.63, 3.8) is 0 Å². The van der Waals surface area contributed by atoms with E-state index in [9.17, 15) is 0 Å². The lowest BCUT2D eigenvalue weighted by atomic mass is 10.0. The van der Waals surface area contributed by atoms with E-state index in [4.69, 9.17) is 19.4 Å². The van der Waals surface area contributed by atoms with Crippen molar-refractivity contribution in [2.75, 3.05) is 0 Å². The van der Waals surface area contributed by atoms with E-state index in [0.717, 1.165) is 44.2 Å². The number of thiophene rings is 1. The number of hydrogen-bond donors (Lipinski definition) is 0. The fourth-order valence-corrected chi connectivity index (χ4v) is 7.53. The van der Waals surface area contributed by atoms with Crippen LogP contribution in [0.2, 0.25) is 0 Å². The molecule has 0 atom stereocenters. The van der Waals surface area contributed by atoms with E-state index in [2.05, 4.69) is 91.9 Å². The van der Waals surface area contributed by atoms with Gasteiger partial charge >= 0.3 is 0 Å². The highest BCUT2D eigenvalue weighted by Crippen LogP contribution is 2.40. The predicted molar refractivity (Wildman–Crippen MR) is 186 cm³/mol. The van der Waals surface area contributed by atoms with Crippen molar-refractivity contribution < 1.29 is 4.42 Å². The number of aromatic nitrogens is 3. The van der Waals surface area contributed by atoms with Crippen molar-refractivity contribution in [2.24, 2.45) is 0 Å². The van der Waals surface area contributed by atoms with E-state index in [1.54, 1.807) is 0 Å². The fraction of sp³-hybridized carbons (Fsp3) is 0.0250. The molecular formula is C40H25N3OS. The molecule has 5 heteroatoms. The molecule has 0 fully saturated rings. The minimum absolute atomic E-state index is 0.606. The first-order valence-corrected chi connectivity index (χ1v) is 15.8. The number of aryl methyl sites for hydroxylation is 1. The fourth-order valence-electron chi connectivity index (χ4n) is 6.29. The standard InChI is InChI=1S/C40H25N3OS/c1-24-10-7-18-33-36(24)32-21-20-28(23-34(32)44-33)40-42-38(25-11-3-2-4-12-25)41-39(43-40)27-14-8-13-26(22-27)29-16-9-17-31-30-15-5-6-19-35(30)45-37(29)31/h2-23H,1H3. The van der Waals surface area contributed by atoms with E-state index in [0.29, 0.717) is 17.5 Å². The molecular weight excluding hydrogens is 571 g/mol. The minimum Gasteiger partial charge on any atom is -0.456 e. The lowest BCUT2D eigenvalue weighted by molar-refractivity contribution is 0.669. The highest BCUT2D eigenvalue weighted by molar-refractivity contribution is 7.26. The number of hydrogen-bond acceptors (Lipinski definition) is 5. The molecule has 3 heterocycles. The molecule has 0 aliphatic heterocycles. The van der Waals surface area contributed by atoms with Gasteiger partial charge in [0.05, 0.1) is 0 Å². The van der Waals surface area contributed by atoms with Crippen molar-refractivity contribution in [3.8, 4) is 45.3 Å². The molecule has 0 saturated heterocycles. The number of fused-ring (bicyclic) bond motifs is 6. The normalized spacial score (nSPS) is 11.7. The monoisotopic (exact) mass is 595 g/mol. The summed E-state index contributed by atoms with van der Waals surface area (Å²) in [6.07, 6.45) is 0. The Morgan fingerprint density at radius 3 is 2.02 bits per heavy atom. The molecule has 0 bridgehead atoms. The van der Waals surface area contributed by atoms with Crippen LogP contribution in [0.1, 0.15) is 5.56 Å². The third-order valence-electron chi connectivity index (χ3n) is 8.47. The Morgan fingerprint density at radius 1 is 0.489 bits per heavy atom. The van der Waals surface area contributed by atoms with Crippen LogP contribution >= 0.6 is 11.3 Å². The van der Waals surface area contributed by atoms with Gasteiger partial charge < -0.3 is 4.42 Å². The quantitative estimate of drug-likeness (QED) is 0.203. The zero-order valence-corrected chi connectivity index (χ0v) is 25.2. The summed E-state index contributed by atoms with van der Waals surface area (Å²) in [6.45, 7) is 2.12. The largest absolute Gasteiger partial charge is 0.456 e. The third kappa shape index (κ3) is 4.32. The van der Waals surface area contributed by atoms with Crippen molar-refractivity contribution >= 4 is 53.4 Å². The van der Waals surface area contributed by atoms with Crippen LogP contribution < -0.4 is 0 Å². The molecule has 4 nitrogen and oxygen atoms in total.